The van der Waals surface area contributed by atoms with E-state index >= 15 is 0 Å². The van der Waals surface area contributed by atoms with Gasteiger partial charge >= 0.3 is 0 Å². The van der Waals surface area contributed by atoms with Gasteiger partial charge < -0.3 is 10.5 Å². The summed E-state index contributed by atoms with van der Waals surface area (Å²) in [5, 5.41) is 3.01. The van der Waals surface area contributed by atoms with E-state index in [1.54, 1.807) is 7.11 Å². The molecule has 0 heterocycles. The van der Waals surface area contributed by atoms with E-state index in [1.807, 2.05) is 0 Å². The van der Waals surface area contributed by atoms with E-state index in [2.05, 4.69) is 5.32 Å². The Hall–Kier alpha value is -0.610. The summed E-state index contributed by atoms with van der Waals surface area (Å²) in [6.07, 6.45) is 0.860. The molecule has 1 aliphatic rings. The van der Waals surface area contributed by atoms with Gasteiger partial charge in [0.05, 0.1) is 12.6 Å². The molecule has 1 saturated carbocycles. The van der Waals surface area contributed by atoms with Crippen LogP contribution in [0.3, 0.4) is 0 Å². The van der Waals surface area contributed by atoms with Crippen LogP contribution >= 0.6 is 0 Å². The molecule has 4 nitrogen and oxygen atoms in total. The topological polar surface area (TPSA) is 64.3 Å². The number of hydrogen-bond acceptors (Lipinski definition) is 3. The molecule has 2 atom stereocenters. The molecule has 0 aromatic carbocycles. The maximum Gasteiger partial charge on any atom is 0.222 e. The van der Waals surface area contributed by atoms with Gasteiger partial charge in [0.15, 0.2) is 0 Å². The summed E-state index contributed by atoms with van der Waals surface area (Å²) in [5.41, 5.74) is 5.04. The molecule has 1 fully saturated rings. The van der Waals surface area contributed by atoms with Gasteiger partial charge in [0, 0.05) is 13.2 Å². The molecule has 1 aliphatic carbocycles. The highest BCUT2D eigenvalue weighted by molar-refractivity contribution is 5.80. The van der Waals surface area contributed by atoms with Crippen molar-refractivity contribution in [3.8, 4) is 0 Å². The molecule has 1 amide bonds. The highest BCUT2D eigenvalue weighted by Crippen LogP contribution is 2.29. The van der Waals surface area contributed by atoms with Crippen LogP contribution in [-0.4, -0.2) is 25.8 Å². The Morgan fingerprint density at radius 2 is 2.60 bits per heavy atom. The molecule has 0 radical (unpaired) electrons. The molecule has 4 heteroatoms. The van der Waals surface area contributed by atoms with Crippen LogP contribution in [0.2, 0.25) is 0 Å². The number of rotatable bonds is 4. The Morgan fingerprint density at radius 1 is 1.90 bits per heavy atom. The zero-order chi connectivity index (χ0) is 7.56. The lowest BCUT2D eigenvalue weighted by atomic mass is 10.4. The summed E-state index contributed by atoms with van der Waals surface area (Å²) in [6, 6.07) is 0.262. The second kappa shape index (κ2) is 2.98. The van der Waals surface area contributed by atoms with Crippen LogP contribution in [0.15, 0.2) is 0 Å². The third-order valence-electron chi connectivity index (χ3n) is 1.65. The Kier molecular flexibility index (Phi) is 2.24. The van der Waals surface area contributed by atoms with E-state index in [0.29, 0.717) is 6.73 Å². The maximum absolute atomic E-state index is 10.5. The van der Waals surface area contributed by atoms with Crippen LogP contribution in [0, 0.1) is 5.92 Å². The summed E-state index contributed by atoms with van der Waals surface area (Å²) in [6.45, 7) is 0.494. The molecule has 0 saturated heterocycles. The summed E-state index contributed by atoms with van der Waals surface area (Å²) < 4.78 is 4.76. The standard InChI is InChI=1S/C6H12N2O2/c1-10-3-8-5-2-4(5)6(7)9/h4-5,8H,2-3H2,1H3,(H2,7,9)/t4-,5+/m0/s1. The summed E-state index contributed by atoms with van der Waals surface area (Å²) in [4.78, 5) is 10.5. The van der Waals surface area contributed by atoms with Crippen molar-refractivity contribution in [3.63, 3.8) is 0 Å². The predicted molar refractivity (Wildman–Crippen MR) is 36.1 cm³/mol. The highest BCUT2D eigenvalue weighted by Gasteiger charge is 2.41. The van der Waals surface area contributed by atoms with Crippen LogP contribution in [-0.2, 0) is 9.53 Å². The molecule has 0 aromatic heterocycles. The van der Waals surface area contributed by atoms with Crippen LogP contribution in [0.4, 0.5) is 0 Å². The Labute approximate surface area is 59.7 Å². The van der Waals surface area contributed by atoms with Crippen molar-refractivity contribution in [1.82, 2.24) is 5.32 Å². The summed E-state index contributed by atoms with van der Waals surface area (Å²) in [5.74, 6) is -0.177. The van der Waals surface area contributed by atoms with Crippen molar-refractivity contribution in [2.24, 2.45) is 11.7 Å². The first-order valence-electron chi connectivity index (χ1n) is 3.27. The zero-order valence-electron chi connectivity index (χ0n) is 5.96. The minimum atomic E-state index is -0.214. The first kappa shape index (κ1) is 7.50. The van der Waals surface area contributed by atoms with E-state index in [9.17, 15) is 4.79 Å². The SMILES string of the molecule is COCN[C@@H]1C[C@@H]1C(N)=O. The monoisotopic (exact) mass is 144 g/mol. The van der Waals surface area contributed by atoms with Crippen molar-refractivity contribution in [2.45, 2.75) is 12.5 Å². The minimum absolute atomic E-state index is 0.0372. The van der Waals surface area contributed by atoms with E-state index in [0.717, 1.165) is 6.42 Å². The largest absolute Gasteiger partial charge is 0.370 e. The van der Waals surface area contributed by atoms with Crippen molar-refractivity contribution in [1.29, 1.82) is 0 Å². The average molecular weight is 144 g/mol. The van der Waals surface area contributed by atoms with Crippen LogP contribution in [0.1, 0.15) is 6.42 Å². The number of primary amides is 1. The first-order chi connectivity index (χ1) is 4.75. The third kappa shape index (κ3) is 1.68. The van der Waals surface area contributed by atoms with Gasteiger partial charge in [0.1, 0.15) is 0 Å². The quantitative estimate of drug-likeness (QED) is 0.500. The van der Waals surface area contributed by atoms with Gasteiger partial charge in [0.25, 0.3) is 0 Å². The Bertz CT molecular complexity index is 138. The number of ether oxygens (including phenoxy) is 1. The molecule has 1 rings (SSSR count). The van der Waals surface area contributed by atoms with Gasteiger partial charge in [-0.25, -0.2) is 0 Å². The molecule has 0 aliphatic heterocycles. The Morgan fingerprint density at radius 3 is 3.00 bits per heavy atom. The number of methoxy groups -OCH3 is 1. The van der Waals surface area contributed by atoms with E-state index in [1.165, 1.54) is 0 Å². The average Bonchev–Trinajstić information content (AvgIpc) is 2.62. The van der Waals surface area contributed by atoms with Gasteiger partial charge in [-0.1, -0.05) is 0 Å². The number of amides is 1. The Balaban J connectivity index is 2.08. The van der Waals surface area contributed by atoms with E-state index in [4.69, 9.17) is 10.5 Å². The van der Waals surface area contributed by atoms with Crippen LogP contribution in [0.5, 0.6) is 0 Å². The fourth-order valence-corrected chi connectivity index (χ4v) is 0.925. The lowest BCUT2D eigenvalue weighted by Crippen LogP contribution is -2.25. The van der Waals surface area contributed by atoms with Crippen molar-refractivity contribution < 1.29 is 9.53 Å². The number of hydrogen-bond donors (Lipinski definition) is 2. The molecule has 0 aromatic rings. The second-order valence-electron chi connectivity index (χ2n) is 2.49. The van der Waals surface area contributed by atoms with Crippen LogP contribution in [0.25, 0.3) is 0 Å². The number of nitrogens with one attached hydrogen (secondary N) is 1. The van der Waals surface area contributed by atoms with Crippen molar-refractivity contribution >= 4 is 5.91 Å². The van der Waals surface area contributed by atoms with Crippen molar-refractivity contribution in [2.75, 3.05) is 13.8 Å². The third-order valence-corrected chi connectivity index (χ3v) is 1.65. The molecule has 58 valence electrons. The molecule has 0 bridgehead atoms. The lowest BCUT2D eigenvalue weighted by Gasteiger charge is -1.98. The smallest absolute Gasteiger partial charge is 0.222 e. The first-order valence-corrected chi connectivity index (χ1v) is 3.27. The van der Waals surface area contributed by atoms with Gasteiger partial charge in [-0.3, -0.25) is 10.1 Å². The fraction of sp³-hybridized carbons (Fsp3) is 0.833. The normalized spacial score (nSPS) is 30.1. The fourth-order valence-electron chi connectivity index (χ4n) is 0.925. The van der Waals surface area contributed by atoms with E-state index < -0.39 is 0 Å². The molecular formula is C6H12N2O2. The number of carbonyl (C=O) groups excluding carboxylic acids is 1. The molecule has 0 unspecified atom stereocenters. The molecule has 0 spiro atoms. The zero-order valence-corrected chi connectivity index (χ0v) is 5.96. The molecule has 3 N–H and O–H groups in total. The van der Waals surface area contributed by atoms with E-state index in [-0.39, 0.29) is 17.9 Å². The van der Waals surface area contributed by atoms with Gasteiger partial charge in [-0.05, 0) is 6.42 Å². The lowest BCUT2D eigenvalue weighted by molar-refractivity contribution is -0.119. The highest BCUT2D eigenvalue weighted by atomic mass is 16.5. The summed E-state index contributed by atoms with van der Waals surface area (Å²) >= 11 is 0. The van der Waals surface area contributed by atoms with Gasteiger partial charge in [0.2, 0.25) is 5.91 Å². The van der Waals surface area contributed by atoms with Gasteiger partial charge in [-0.15, -0.1) is 0 Å². The van der Waals surface area contributed by atoms with Crippen LogP contribution < -0.4 is 11.1 Å². The second-order valence-corrected chi connectivity index (χ2v) is 2.49. The number of carbonyl (C=O) groups is 1. The molecular weight excluding hydrogens is 132 g/mol. The maximum atomic E-state index is 10.5. The van der Waals surface area contributed by atoms with Crippen molar-refractivity contribution in [3.05, 3.63) is 0 Å². The number of nitrogens with two attached hydrogens (primary N) is 1. The molecule has 10 heavy (non-hydrogen) atoms. The summed E-state index contributed by atoms with van der Waals surface area (Å²) in [7, 11) is 1.61. The van der Waals surface area contributed by atoms with Gasteiger partial charge in [-0.2, -0.15) is 0 Å². The predicted octanol–water partition coefficient (Wildman–Crippen LogP) is -0.946. The minimum Gasteiger partial charge on any atom is -0.370 e.